The molecule has 2 fully saturated rings. The maximum atomic E-state index is 12.2. The van der Waals surface area contributed by atoms with Gasteiger partial charge in [-0.15, -0.1) is 0 Å². The van der Waals surface area contributed by atoms with Gasteiger partial charge in [-0.05, 0) is 43.9 Å². The van der Waals surface area contributed by atoms with Gasteiger partial charge in [0.2, 0.25) is 15.9 Å². The molecule has 2 N–H and O–H groups in total. The van der Waals surface area contributed by atoms with Crippen molar-refractivity contribution in [2.45, 2.75) is 43.8 Å². The van der Waals surface area contributed by atoms with Crippen LogP contribution in [0, 0.1) is 0 Å². The van der Waals surface area contributed by atoms with Gasteiger partial charge in [-0.3, -0.25) is 9.59 Å². The van der Waals surface area contributed by atoms with E-state index in [-0.39, 0.29) is 36.5 Å². The predicted molar refractivity (Wildman–Crippen MR) is 100.0 cm³/mol. The van der Waals surface area contributed by atoms with E-state index in [4.69, 9.17) is 4.74 Å². The summed E-state index contributed by atoms with van der Waals surface area (Å²) in [6.45, 7) is -0.127. The molecule has 148 valence electrons. The van der Waals surface area contributed by atoms with Crippen LogP contribution >= 0.6 is 0 Å². The van der Waals surface area contributed by atoms with E-state index < -0.39 is 10.0 Å². The van der Waals surface area contributed by atoms with Crippen LogP contribution in [0.4, 0.5) is 0 Å². The summed E-state index contributed by atoms with van der Waals surface area (Å²) < 4.78 is 30.5. The lowest BCUT2D eigenvalue weighted by Gasteiger charge is -2.37. The highest BCUT2D eigenvalue weighted by Gasteiger charge is 2.45. The summed E-state index contributed by atoms with van der Waals surface area (Å²) in [6.07, 6.45) is 4.12. The number of benzene rings is 1. The van der Waals surface area contributed by atoms with Gasteiger partial charge in [0.25, 0.3) is 5.91 Å². The first-order chi connectivity index (χ1) is 12.8. The fraction of sp³-hybridized carbons (Fsp3) is 0.556. The Morgan fingerprint density at radius 1 is 1.22 bits per heavy atom. The molecule has 2 aliphatic rings. The van der Waals surface area contributed by atoms with Gasteiger partial charge in [0.05, 0.1) is 19.9 Å². The standard InChI is InChI=1S/C18H25N3O5S/c1-26-16-5-3-4-12(8-16)18(23)19-11-17(22)20-13-9-14-6-7-15(10-13)21(14)27(2,24)25/h3-5,8,13-15H,6-7,9-11H2,1-2H3,(H,19,23)(H,20,22). The number of ether oxygens (including phenoxy) is 1. The van der Waals surface area contributed by atoms with Crippen molar-refractivity contribution in [1.29, 1.82) is 0 Å². The second-order valence-electron chi connectivity index (χ2n) is 7.13. The van der Waals surface area contributed by atoms with E-state index in [1.54, 1.807) is 28.6 Å². The third-order valence-electron chi connectivity index (χ3n) is 5.16. The van der Waals surface area contributed by atoms with Crippen LogP contribution in [0.15, 0.2) is 24.3 Å². The largest absolute Gasteiger partial charge is 0.497 e. The molecule has 8 nitrogen and oxygen atoms in total. The van der Waals surface area contributed by atoms with E-state index in [0.29, 0.717) is 24.2 Å². The van der Waals surface area contributed by atoms with Gasteiger partial charge in [-0.25, -0.2) is 8.42 Å². The monoisotopic (exact) mass is 395 g/mol. The highest BCUT2D eigenvalue weighted by molar-refractivity contribution is 7.88. The van der Waals surface area contributed by atoms with E-state index in [9.17, 15) is 18.0 Å². The zero-order chi connectivity index (χ0) is 19.6. The molecule has 0 aliphatic carbocycles. The Bertz CT molecular complexity index is 812. The fourth-order valence-corrected chi connectivity index (χ4v) is 5.57. The normalized spacial score (nSPS) is 25.0. The van der Waals surface area contributed by atoms with Gasteiger partial charge < -0.3 is 15.4 Å². The minimum Gasteiger partial charge on any atom is -0.497 e. The van der Waals surface area contributed by atoms with Crippen LogP contribution in [-0.4, -0.2) is 62.6 Å². The van der Waals surface area contributed by atoms with Crippen molar-refractivity contribution in [3.8, 4) is 5.75 Å². The number of carbonyl (C=O) groups excluding carboxylic acids is 2. The molecule has 0 saturated carbocycles. The first-order valence-corrected chi connectivity index (χ1v) is 10.8. The molecule has 9 heteroatoms. The van der Waals surface area contributed by atoms with Crippen molar-refractivity contribution >= 4 is 21.8 Å². The van der Waals surface area contributed by atoms with Crippen molar-refractivity contribution in [1.82, 2.24) is 14.9 Å². The lowest BCUT2D eigenvalue weighted by molar-refractivity contribution is -0.121. The highest BCUT2D eigenvalue weighted by atomic mass is 32.2. The summed E-state index contributed by atoms with van der Waals surface area (Å²) in [6, 6.07) is 6.53. The topological polar surface area (TPSA) is 105 Å². The van der Waals surface area contributed by atoms with Crippen LogP contribution < -0.4 is 15.4 Å². The van der Waals surface area contributed by atoms with Crippen molar-refractivity contribution < 1.29 is 22.7 Å². The molecule has 1 aromatic rings. The van der Waals surface area contributed by atoms with E-state index >= 15 is 0 Å². The first-order valence-electron chi connectivity index (χ1n) is 8.98. The summed E-state index contributed by atoms with van der Waals surface area (Å²) in [4.78, 5) is 24.4. The van der Waals surface area contributed by atoms with E-state index in [2.05, 4.69) is 10.6 Å². The molecule has 2 saturated heterocycles. The number of piperidine rings is 1. The number of hydrogen-bond acceptors (Lipinski definition) is 5. The van der Waals surface area contributed by atoms with Gasteiger partial charge in [-0.1, -0.05) is 6.07 Å². The minimum atomic E-state index is -3.22. The predicted octanol–water partition coefficient (Wildman–Crippen LogP) is 0.496. The Hall–Kier alpha value is -2.13. The third kappa shape index (κ3) is 4.59. The van der Waals surface area contributed by atoms with Crippen LogP contribution in [-0.2, 0) is 14.8 Å². The van der Waals surface area contributed by atoms with Crippen LogP contribution in [0.2, 0.25) is 0 Å². The summed E-state index contributed by atoms with van der Waals surface area (Å²) in [5.74, 6) is -0.0559. The Kier molecular flexibility index (Phi) is 5.71. The molecule has 1 aromatic carbocycles. The van der Waals surface area contributed by atoms with Crippen molar-refractivity contribution in [2.24, 2.45) is 0 Å². The van der Waals surface area contributed by atoms with E-state index in [1.807, 2.05) is 0 Å². The van der Waals surface area contributed by atoms with Crippen LogP contribution in [0.3, 0.4) is 0 Å². The Morgan fingerprint density at radius 3 is 2.48 bits per heavy atom. The van der Waals surface area contributed by atoms with Gasteiger partial charge >= 0.3 is 0 Å². The SMILES string of the molecule is COc1cccc(C(=O)NCC(=O)NC2CC3CCC(C2)N3S(C)(=O)=O)c1. The number of sulfonamides is 1. The minimum absolute atomic E-state index is 0.0459. The van der Waals surface area contributed by atoms with Gasteiger partial charge in [-0.2, -0.15) is 4.31 Å². The maximum Gasteiger partial charge on any atom is 0.251 e. The van der Waals surface area contributed by atoms with Gasteiger partial charge in [0, 0.05) is 23.7 Å². The summed E-state index contributed by atoms with van der Waals surface area (Å²) in [7, 11) is -1.70. The second kappa shape index (κ2) is 7.85. The molecule has 2 unspecified atom stereocenters. The quantitative estimate of drug-likeness (QED) is 0.730. The van der Waals surface area contributed by atoms with Crippen LogP contribution in [0.5, 0.6) is 5.75 Å². The lowest BCUT2D eigenvalue weighted by atomic mass is 10.00. The Labute approximate surface area is 159 Å². The number of carbonyl (C=O) groups is 2. The average Bonchev–Trinajstić information content (AvgIpc) is 2.92. The lowest BCUT2D eigenvalue weighted by Crippen LogP contribution is -2.53. The summed E-state index contributed by atoms with van der Waals surface area (Å²) >= 11 is 0. The number of methoxy groups -OCH3 is 1. The van der Waals surface area contributed by atoms with Crippen LogP contribution in [0.25, 0.3) is 0 Å². The molecule has 2 atom stereocenters. The smallest absolute Gasteiger partial charge is 0.251 e. The van der Waals surface area contributed by atoms with Crippen LogP contribution in [0.1, 0.15) is 36.0 Å². The van der Waals surface area contributed by atoms with E-state index in [1.165, 1.54) is 13.4 Å². The molecular formula is C18H25N3O5S. The number of nitrogens with one attached hydrogen (secondary N) is 2. The zero-order valence-corrected chi connectivity index (χ0v) is 16.3. The molecule has 2 aliphatic heterocycles. The maximum absolute atomic E-state index is 12.2. The molecule has 27 heavy (non-hydrogen) atoms. The number of hydrogen-bond donors (Lipinski definition) is 2. The van der Waals surface area contributed by atoms with Gasteiger partial charge in [0.1, 0.15) is 5.75 Å². The van der Waals surface area contributed by atoms with Crippen molar-refractivity contribution in [2.75, 3.05) is 19.9 Å². The van der Waals surface area contributed by atoms with Gasteiger partial charge in [0.15, 0.2) is 0 Å². The molecular weight excluding hydrogens is 370 g/mol. The van der Waals surface area contributed by atoms with Crippen molar-refractivity contribution in [3.63, 3.8) is 0 Å². The highest BCUT2D eigenvalue weighted by Crippen LogP contribution is 2.37. The fourth-order valence-electron chi connectivity index (χ4n) is 4.10. The molecule has 2 amide bonds. The second-order valence-corrected chi connectivity index (χ2v) is 9.02. The van der Waals surface area contributed by atoms with Crippen molar-refractivity contribution in [3.05, 3.63) is 29.8 Å². The first kappa shape index (κ1) is 19.6. The Balaban J connectivity index is 1.50. The molecule has 2 bridgehead atoms. The summed E-state index contributed by atoms with van der Waals surface area (Å²) in [5, 5.41) is 5.52. The zero-order valence-electron chi connectivity index (χ0n) is 15.5. The number of rotatable bonds is 6. The molecule has 0 radical (unpaired) electrons. The molecule has 2 heterocycles. The Morgan fingerprint density at radius 2 is 1.89 bits per heavy atom. The number of fused-ring (bicyclic) bond motifs is 2. The number of nitrogens with zero attached hydrogens (tertiary/aromatic N) is 1. The molecule has 3 rings (SSSR count). The third-order valence-corrected chi connectivity index (χ3v) is 6.52. The number of amides is 2. The summed E-state index contributed by atoms with van der Waals surface area (Å²) in [5.41, 5.74) is 0.418. The average molecular weight is 395 g/mol. The van der Waals surface area contributed by atoms with E-state index in [0.717, 1.165) is 12.8 Å². The molecule has 0 spiro atoms. The molecule has 0 aromatic heterocycles.